The lowest BCUT2D eigenvalue weighted by molar-refractivity contribution is 0.129. The van der Waals surface area contributed by atoms with Crippen LogP contribution in [-0.4, -0.2) is 30.3 Å². The maximum absolute atomic E-state index is 11.6. The Morgan fingerprint density at radius 1 is 1.16 bits per heavy atom. The molecule has 2 amide bonds. The molecule has 0 aliphatic heterocycles. The topological polar surface area (TPSA) is 61.4 Å². The summed E-state index contributed by atoms with van der Waals surface area (Å²) in [5.41, 5.74) is 0.230. The standard InChI is InChI=1S/C15H32N2O2/c1-12(18)10-15(5,6)11-17-13(19)16-9-7-8-14(2,3)4/h12,18H,7-11H2,1-6H3,(H2,16,17,19). The summed E-state index contributed by atoms with van der Waals surface area (Å²) in [4.78, 5) is 11.6. The number of nitrogens with one attached hydrogen (secondary N) is 2. The van der Waals surface area contributed by atoms with Crippen molar-refractivity contribution >= 4 is 6.03 Å². The molecule has 0 radical (unpaired) electrons. The monoisotopic (exact) mass is 272 g/mol. The molecule has 0 spiro atoms. The SMILES string of the molecule is CC(O)CC(C)(C)CNC(=O)NCCCC(C)(C)C. The Bertz CT molecular complexity index is 268. The van der Waals surface area contributed by atoms with Gasteiger partial charge in [0.2, 0.25) is 0 Å². The Hall–Kier alpha value is -0.770. The first-order valence-corrected chi connectivity index (χ1v) is 7.22. The Kier molecular flexibility index (Phi) is 7.42. The van der Waals surface area contributed by atoms with Gasteiger partial charge < -0.3 is 15.7 Å². The Labute approximate surface area is 118 Å². The van der Waals surface area contributed by atoms with Crippen molar-refractivity contribution in [3.63, 3.8) is 0 Å². The van der Waals surface area contributed by atoms with Crippen LogP contribution < -0.4 is 10.6 Å². The normalized spacial score (nSPS) is 14.1. The van der Waals surface area contributed by atoms with Gasteiger partial charge in [0.05, 0.1) is 6.10 Å². The van der Waals surface area contributed by atoms with Gasteiger partial charge in [-0.25, -0.2) is 4.79 Å². The van der Waals surface area contributed by atoms with E-state index in [4.69, 9.17) is 0 Å². The number of amides is 2. The molecular formula is C15H32N2O2. The van der Waals surface area contributed by atoms with Crippen LogP contribution in [0.1, 0.15) is 60.8 Å². The first kappa shape index (κ1) is 18.2. The second kappa shape index (κ2) is 7.73. The zero-order valence-electron chi connectivity index (χ0n) is 13.5. The number of aliphatic hydroxyl groups is 1. The molecule has 0 aromatic carbocycles. The molecule has 1 atom stereocenters. The van der Waals surface area contributed by atoms with E-state index in [2.05, 4.69) is 31.4 Å². The third-order valence-corrected chi connectivity index (χ3v) is 2.96. The fraction of sp³-hybridized carbons (Fsp3) is 0.933. The van der Waals surface area contributed by atoms with Crippen LogP contribution in [0.4, 0.5) is 4.79 Å². The van der Waals surface area contributed by atoms with E-state index in [1.165, 1.54) is 0 Å². The van der Waals surface area contributed by atoms with Gasteiger partial charge >= 0.3 is 6.03 Å². The third kappa shape index (κ3) is 12.0. The van der Waals surface area contributed by atoms with Crippen LogP contribution in [0.2, 0.25) is 0 Å². The van der Waals surface area contributed by atoms with Crippen LogP contribution in [0.5, 0.6) is 0 Å². The van der Waals surface area contributed by atoms with E-state index in [0.29, 0.717) is 24.9 Å². The Morgan fingerprint density at radius 2 is 1.74 bits per heavy atom. The number of hydrogen-bond donors (Lipinski definition) is 3. The second-order valence-corrected chi connectivity index (χ2v) is 7.49. The maximum atomic E-state index is 11.6. The quantitative estimate of drug-likeness (QED) is 0.624. The van der Waals surface area contributed by atoms with E-state index < -0.39 is 0 Å². The summed E-state index contributed by atoms with van der Waals surface area (Å²) in [6, 6.07) is -0.118. The Balaban J connectivity index is 3.76. The van der Waals surface area contributed by atoms with Crippen LogP contribution in [0.25, 0.3) is 0 Å². The summed E-state index contributed by atoms with van der Waals surface area (Å²) in [6.45, 7) is 13.7. The van der Waals surface area contributed by atoms with Gasteiger partial charge in [-0.2, -0.15) is 0 Å². The molecule has 19 heavy (non-hydrogen) atoms. The van der Waals surface area contributed by atoms with Gasteiger partial charge in [-0.1, -0.05) is 34.6 Å². The third-order valence-electron chi connectivity index (χ3n) is 2.96. The molecule has 4 nitrogen and oxygen atoms in total. The van der Waals surface area contributed by atoms with Crippen molar-refractivity contribution < 1.29 is 9.90 Å². The number of urea groups is 1. The Morgan fingerprint density at radius 3 is 2.21 bits per heavy atom. The van der Waals surface area contributed by atoms with Crippen molar-refractivity contribution in [1.29, 1.82) is 0 Å². The van der Waals surface area contributed by atoms with Gasteiger partial charge in [-0.15, -0.1) is 0 Å². The van der Waals surface area contributed by atoms with Gasteiger partial charge in [0.15, 0.2) is 0 Å². The van der Waals surface area contributed by atoms with Gasteiger partial charge in [0.1, 0.15) is 0 Å². The average Bonchev–Trinajstić information content (AvgIpc) is 2.18. The van der Waals surface area contributed by atoms with Gasteiger partial charge in [-0.05, 0) is 37.0 Å². The summed E-state index contributed by atoms with van der Waals surface area (Å²) in [5, 5.41) is 15.1. The minimum absolute atomic E-state index is 0.0864. The lowest BCUT2D eigenvalue weighted by Crippen LogP contribution is -2.41. The summed E-state index contributed by atoms with van der Waals surface area (Å²) in [5.74, 6) is 0. The minimum Gasteiger partial charge on any atom is -0.393 e. The lowest BCUT2D eigenvalue weighted by Gasteiger charge is -2.26. The highest BCUT2D eigenvalue weighted by Crippen LogP contribution is 2.21. The highest BCUT2D eigenvalue weighted by molar-refractivity contribution is 5.73. The van der Waals surface area contributed by atoms with Crippen molar-refractivity contribution in [2.45, 2.75) is 66.9 Å². The maximum Gasteiger partial charge on any atom is 0.314 e. The van der Waals surface area contributed by atoms with Crippen LogP contribution in [0, 0.1) is 10.8 Å². The van der Waals surface area contributed by atoms with Crippen molar-refractivity contribution in [1.82, 2.24) is 10.6 Å². The van der Waals surface area contributed by atoms with E-state index in [1.54, 1.807) is 6.92 Å². The van der Waals surface area contributed by atoms with Crippen molar-refractivity contribution in [2.75, 3.05) is 13.1 Å². The molecule has 0 aromatic rings. The minimum atomic E-state index is -0.341. The second-order valence-electron chi connectivity index (χ2n) is 7.49. The first-order chi connectivity index (χ1) is 8.52. The number of aliphatic hydroxyl groups excluding tert-OH is 1. The summed E-state index contributed by atoms with van der Waals surface area (Å²) in [6.07, 6.45) is 2.43. The average molecular weight is 272 g/mol. The van der Waals surface area contributed by atoms with E-state index in [0.717, 1.165) is 12.8 Å². The predicted molar refractivity (Wildman–Crippen MR) is 80.2 cm³/mol. The molecule has 0 heterocycles. The van der Waals surface area contributed by atoms with Gasteiger partial charge in [0, 0.05) is 13.1 Å². The molecule has 114 valence electrons. The zero-order chi connectivity index (χ0) is 15.1. The number of carbonyl (C=O) groups is 1. The summed E-state index contributed by atoms with van der Waals surface area (Å²) < 4.78 is 0. The van der Waals surface area contributed by atoms with E-state index >= 15 is 0 Å². The molecule has 3 N–H and O–H groups in total. The molecule has 0 aliphatic rings. The lowest BCUT2D eigenvalue weighted by atomic mass is 9.87. The fourth-order valence-electron chi connectivity index (χ4n) is 2.07. The van der Waals surface area contributed by atoms with Crippen molar-refractivity contribution in [2.24, 2.45) is 10.8 Å². The van der Waals surface area contributed by atoms with Crippen molar-refractivity contribution in [3.05, 3.63) is 0 Å². The van der Waals surface area contributed by atoms with Crippen LogP contribution in [-0.2, 0) is 0 Å². The first-order valence-electron chi connectivity index (χ1n) is 7.22. The van der Waals surface area contributed by atoms with Crippen LogP contribution in [0.15, 0.2) is 0 Å². The molecule has 0 aliphatic carbocycles. The molecule has 1 unspecified atom stereocenters. The summed E-state index contributed by atoms with van der Waals surface area (Å²) in [7, 11) is 0. The smallest absolute Gasteiger partial charge is 0.314 e. The van der Waals surface area contributed by atoms with Crippen LogP contribution in [0.3, 0.4) is 0 Å². The number of hydrogen-bond acceptors (Lipinski definition) is 2. The molecule has 0 aromatic heterocycles. The number of carbonyl (C=O) groups excluding carboxylic acids is 1. The van der Waals surface area contributed by atoms with E-state index in [-0.39, 0.29) is 17.6 Å². The van der Waals surface area contributed by atoms with E-state index in [9.17, 15) is 9.90 Å². The molecule has 0 bridgehead atoms. The van der Waals surface area contributed by atoms with Crippen LogP contribution >= 0.6 is 0 Å². The van der Waals surface area contributed by atoms with Crippen molar-refractivity contribution in [3.8, 4) is 0 Å². The molecular weight excluding hydrogens is 240 g/mol. The largest absolute Gasteiger partial charge is 0.393 e. The van der Waals surface area contributed by atoms with E-state index in [1.807, 2.05) is 13.8 Å². The number of rotatable bonds is 7. The molecule has 4 heteroatoms. The highest BCUT2D eigenvalue weighted by atomic mass is 16.3. The zero-order valence-corrected chi connectivity index (χ0v) is 13.5. The highest BCUT2D eigenvalue weighted by Gasteiger charge is 2.20. The molecule has 0 saturated heterocycles. The molecule has 0 rings (SSSR count). The molecule has 0 saturated carbocycles. The van der Waals surface area contributed by atoms with Gasteiger partial charge in [-0.3, -0.25) is 0 Å². The fourth-order valence-corrected chi connectivity index (χ4v) is 2.07. The predicted octanol–water partition coefficient (Wildman–Crippen LogP) is 2.91. The molecule has 0 fully saturated rings. The summed E-state index contributed by atoms with van der Waals surface area (Å²) >= 11 is 0. The van der Waals surface area contributed by atoms with Gasteiger partial charge in [0.25, 0.3) is 0 Å².